The standard InChI is InChI=1S/C9H23N3/c1-7-8-12(6)9(10(2)3)11(4)5/h9H,7-8H2,1-6H3. The fourth-order valence-electron chi connectivity index (χ4n) is 1.72. The highest BCUT2D eigenvalue weighted by Crippen LogP contribution is 2.02. The first kappa shape index (κ1) is 11.9. The lowest BCUT2D eigenvalue weighted by Gasteiger charge is -2.37. The van der Waals surface area contributed by atoms with Gasteiger partial charge >= 0.3 is 0 Å². The van der Waals surface area contributed by atoms with Gasteiger partial charge in [0.25, 0.3) is 0 Å². The highest BCUT2D eigenvalue weighted by Gasteiger charge is 2.17. The summed E-state index contributed by atoms with van der Waals surface area (Å²) >= 11 is 0. The van der Waals surface area contributed by atoms with E-state index in [0.717, 1.165) is 6.54 Å². The maximum absolute atomic E-state index is 2.35. The smallest absolute Gasteiger partial charge is 0.118 e. The van der Waals surface area contributed by atoms with E-state index in [4.69, 9.17) is 0 Å². The minimum atomic E-state index is 0.407. The third-order valence-electron chi connectivity index (χ3n) is 1.89. The van der Waals surface area contributed by atoms with Gasteiger partial charge in [-0.1, -0.05) is 6.92 Å². The van der Waals surface area contributed by atoms with Crippen molar-refractivity contribution >= 4 is 0 Å². The van der Waals surface area contributed by atoms with Crippen molar-refractivity contribution in [2.24, 2.45) is 0 Å². The van der Waals surface area contributed by atoms with Crippen LogP contribution < -0.4 is 0 Å². The first-order chi connectivity index (χ1) is 5.50. The van der Waals surface area contributed by atoms with E-state index in [9.17, 15) is 0 Å². The third-order valence-corrected chi connectivity index (χ3v) is 1.89. The molecule has 0 radical (unpaired) electrons. The average Bonchev–Trinajstić information content (AvgIpc) is 1.85. The van der Waals surface area contributed by atoms with E-state index in [0.29, 0.717) is 6.29 Å². The van der Waals surface area contributed by atoms with E-state index >= 15 is 0 Å². The Bertz CT molecular complexity index is 104. The second-order valence-corrected chi connectivity index (χ2v) is 3.75. The van der Waals surface area contributed by atoms with Crippen LogP contribution in [-0.2, 0) is 0 Å². The zero-order chi connectivity index (χ0) is 9.72. The van der Waals surface area contributed by atoms with Crippen molar-refractivity contribution in [3.05, 3.63) is 0 Å². The maximum atomic E-state index is 2.35. The predicted molar refractivity (Wildman–Crippen MR) is 54.1 cm³/mol. The highest BCUT2D eigenvalue weighted by molar-refractivity contribution is 4.62. The van der Waals surface area contributed by atoms with Crippen molar-refractivity contribution in [1.82, 2.24) is 14.7 Å². The van der Waals surface area contributed by atoms with Gasteiger partial charge in [0.05, 0.1) is 0 Å². The molecule has 0 unspecified atom stereocenters. The van der Waals surface area contributed by atoms with Crippen LogP contribution in [-0.4, -0.2) is 62.8 Å². The van der Waals surface area contributed by atoms with Crippen LogP contribution in [0.1, 0.15) is 13.3 Å². The van der Waals surface area contributed by atoms with Crippen LogP contribution in [0.25, 0.3) is 0 Å². The highest BCUT2D eigenvalue weighted by atomic mass is 15.5. The SMILES string of the molecule is CCCN(C)C(N(C)C)N(C)C. The topological polar surface area (TPSA) is 9.72 Å². The van der Waals surface area contributed by atoms with Gasteiger partial charge in [0, 0.05) is 6.54 Å². The Morgan fingerprint density at radius 1 is 0.917 bits per heavy atom. The Morgan fingerprint density at radius 2 is 1.33 bits per heavy atom. The summed E-state index contributed by atoms with van der Waals surface area (Å²) in [5, 5.41) is 0. The van der Waals surface area contributed by atoms with Gasteiger partial charge in [-0.3, -0.25) is 14.7 Å². The van der Waals surface area contributed by atoms with Crippen LogP contribution in [0, 0.1) is 0 Å². The van der Waals surface area contributed by atoms with Crippen LogP contribution in [0.15, 0.2) is 0 Å². The summed E-state index contributed by atoms with van der Waals surface area (Å²) in [5.74, 6) is 0. The van der Waals surface area contributed by atoms with Crippen LogP contribution in [0.2, 0.25) is 0 Å². The van der Waals surface area contributed by atoms with Crippen LogP contribution in [0.5, 0.6) is 0 Å². The van der Waals surface area contributed by atoms with Gasteiger partial charge in [0.2, 0.25) is 0 Å². The Kier molecular flexibility index (Phi) is 5.46. The summed E-state index contributed by atoms with van der Waals surface area (Å²) < 4.78 is 0. The van der Waals surface area contributed by atoms with Crippen LogP contribution >= 0.6 is 0 Å². The van der Waals surface area contributed by atoms with E-state index in [1.165, 1.54) is 6.42 Å². The monoisotopic (exact) mass is 173 g/mol. The van der Waals surface area contributed by atoms with Gasteiger partial charge in [-0.15, -0.1) is 0 Å². The van der Waals surface area contributed by atoms with Gasteiger partial charge in [-0.25, -0.2) is 0 Å². The van der Waals surface area contributed by atoms with Crippen LogP contribution in [0.3, 0.4) is 0 Å². The molecule has 0 aliphatic rings. The van der Waals surface area contributed by atoms with E-state index < -0.39 is 0 Å². The molecule has 0 saturated heterocycles. The van der Waals surface area contributed by atoms with Gasteiger partial charge in [-0.2, -0.15) is 0 Å². The zero-order valence-electron chi connectivity index (χ0n) is 9.33. The number of hydrogen-bond acceptors (Lipinski definition) is 3. The van der Waals surface area contributed by atoms with Crippen molar-refractivity contribution in [3.8, 4) is 0 Å². The minimum Gasteiger partial charge on any atom is -0.282 e. The molecule has 3 heteroatoms. The summed E-state index contributed by atoms with van der Waals surface area (Å²) in [6.45, 7) is 3.35. The zero-order valence-corrected chi connectivity index (χ0v) is 9.33. The molecule has 0 saturated carbocycles. The van der Waals surface area contributed by atoms with Gasteiger partial charge in [0.15, 0.2) is 0 Å². The molecule has 0 amide bonds. The second-order valence-electron chi connectivity index (χ2n) is 3.75. The lowest BCUT2D eigenvalue weighted by atomic mass is 10.4. The molecule has 0 aliphatic carbocycles. The molecule has 12 heavy (non-hydrogen) atoms. The van der Waals surface area contributed by atoms with Crippen molar-refractivity contribution in [2.45, 2.75) is 19.6 Å². The molecule has 0 heterocycles. The quantitative estimate of drug-likeness (QED) is 0.568. The molecule has 74 valence electrons. The van der Waals surface area contributed by atoms with Gasteiger partial charge < -0.3 is 0 Å². The van der Waals surface area contributed by atoms with Gasteiger partial charge in [0.1, 0.15) is 6.29 Å². The van der Waals surface area contributed by atoms with Crippen LogP contribution in [0.4, 0.5) is 0 Å². The molecular weight excluding hydrogens is 150 g/mol. The molecule has 0 aliphatic heterocycles. The summed E-state index contributed by atoms with van der Waals surface area (Å²) in [4.78, 5) is 6.78. The molecule has 0 spiro atoms. The summed E-state index contributed by atoms with van der Waals surface area (Å²) in [6.07, 6.45) is 1.61. The lowest BCUT2D eigenvalue weighted by Crippen LogP contribution is -2.52. The largest absolute Gasteiger partial charge is 0.282 e. The molecular formula is C9H23N3. The fourth-order valence-corrected chi connectivity index (χ4v) is 1.72. The number of hydrogen-bond donors (Lipinski definition) is 0. The lowest BCUT2D eigenvalue weighted by molar-refractivity contribution is -0.00608. The Morgan fingerprint density at radius 3 is 1.58 bits per heavy atom. The van der Waals surface area contributed by atoms with Crippen molar-refractivity contribution in [3.63, 3.8) is 0 Å². The molecule has 0 aromatic carbocycles. The first-order valence-electron chi connectivity index (χ1n) is 4.53. The predicted octanol–water partition coefficient (Wildman–Crippen LogP) is 0.735. The number of rotatable bonds is 5. The molecule has 0 aromatic rings. The van der Waals surface area contributed by atoms with Crippen molar-refractivity contribution in [2.75, 3.05) is 41.8 Å². The maximum Gasteiger partial charge on any atom is 0.118 e. The molecule has 0 rings (SSSR count). The normalized spacial score (nSPS) is 12.5. The van der Waals surface area contributed by atoms with E-state index in [1.807, 2.05) is 0 Å². The molecule has 0 fully saturated rings. The molecule has 3 nitrogen and oxygen atoms in total. The van der Waals surface area contributed by atoms with Crippen molar-refractivity contribution in [1.29, 1.82) is 0 Å². The third kappa shape index (κ3) is 3.52. The second kappa shape index (κ2) is 5.51. The number of nitrogens with zero attached hydrogens (tertiary/aromatic N) is 3. The Labute approximate surface area is 76.9 Å². The fraction of sp³-hybridized carbons (Fsp3) is 1.00. The first-order valence-corrected chi connectivity index (χ1v) is 4.53. The Balaban J connectivity index is 4.09. The molecule has 0 N–H and O–H groups in total. The molecule has 0 atom stereocenters. The molecule has 0 aromatic heterocycles. The van der Waals surface area contributed by atoms with E-state index in [-0.39, 0.29) is 0 Å². The van der Waals surface area contributed by atoms with Crippen molar-refractivity contribution < 1.29 is 0 Å². The summed E-state index contributed by atoms with van der Waals surface area (Å²) in [6, 6.07) is 0. The van der Waals surface area contributed by atoms with Gasteiger partial charge in [-0.05, 0) is 41.7 Å². The van der Waals surface area contributed by atoms with E-state index in [2.05, 4.69) is 56.9 Å². The average molecular weight is 173 g/mol. The minimum absolute atomic E-state index is 0.407. The summed E-state index contributed by atoms with van der Waals surface area (Å²) in [5.41, 5.74) is 0. The molecule has 0 bridgehead atoms. The van der Waals surface area contributed by atoms with E-state index in [1.54, 1.807) is 0 Å². The Hall–Kier alpha value is -0.120. The summed E-state index contributed by atoms with van der Waals surface area (Å²) in [7, 11) is 10.6.